The van der Waals surface area contributed by atoms with Gasteiger partial charge in [0.2, 0.25) is 5.91 Å². The number of hydrogen-bond donors (Lipinski definition) is 1. The fourth-order valence-corrected chi connectivity index (χ4v) is 3.82. The summed E-state index contributed by atoms with van der Waals surface area (Å²) >= 11 is 0. The van der Waals surface area contributed by atoms with Crippen LogP contribution in [0.3, 0.4) is 0 Å². The molecule has 1 N–H and O–H groups in total. The monoisotopic (exact) mass is 458 g/mol. The summed E-state index contributed by atoms with van der Waals surface area (Å²) < 4.78 is 5.42. The van der Waals surface area contributed by atoms with E-state index in [9.17, 15) is 14.4 Å². The third-order valence-electron chi connectivity index (χ3n) is 5.51. The number of amides is 4. The molecule has 0 saturated carbocycles. The van der Waals surface area contributed by atoms with Crippen molar-refractivity contribution in [1.29, 1.82) is 0 Å². The molecule has 3 aromatic rings. The molecule has 4 amide bonds. The molecule has 2 heterocycles. The van der Waals surface area contributed by atoms with Crippen molar-refractivity contribution >= 4 is 29.2 Å². The highest BCUT2D eigenvalue weighted by Gasteiger charge is 2.46. The number of ether oxygens (including phenoxy) is 1. The second-order valence-corrected chi connectivity index (χ2v) is 8.01. The Hall–Kier alpha value is -4.20. The Morgan fingerprint density at radius 3 is 2.44 bits per heavy atom. The van der Waals surface area contributed by atoms with Gasteiger partial charge in [-0.2, -0.15) is 0 Å². The molecule has 0 bridgehead atoms. The normalized spacial score (nSPS) is 15.5. The maximum Gasteiger partial charge on any atom is 0.332 e. The van der Waals surface area contributed by atoms with E-state index < -0.39 is 18.0 Å². The van der Waals surface area contributed by atoms with E-state index in [-0.39, 0.29) is 18.9 Å². The van der Waals surface area contributed by atoms with Crippen molar-refractivity contribution in [2.45, 2.75) is 32.9 Å². The van der Waals surface area contributed by atoms with E-state index in [0.29, 0.717) is 23.7 Å². The number of nitrogens with zero attached hydrogens (tertiary/aromatic N) is 3. The van der Waals surface area contributed by atoms with Gasteiger partial charge >= 0.3 is 6.03 Å². The number of aryl methyl sites for hydroxylation is 1. The first kappa shape index (κ1) is 23.0. The van der Waals surface area contributed by atoms with Gasteiger partial charge in [-0.3, -0.25) is 14.6 Å². The summed E-state index contributed by atoms with van der Waals surface area (Å²) in [4.78, 5) is 46.2. The van der Waals surface area contributed by atoms with Crippen LogP contribution in [0.2, 0.25) is 0 Å². The van der Waals surface area contributed by atoms with Gasteiger partial charge in [0, 0.05) is 24.6 Å². The number of hydrogen-bond acceptors (Lipinski definition) is 5. The summed E-state index contributed by atoms with van der Waals surface area (Å²) in [6, 6.07) is 16.3. The molecule has 34 heavy (non-hydrogen) atoms. The fraction of sp³-hybridized carbons (Fsp3) is 0.231. The SMILES string of the molecule is CCOc1ccc(NC(=O)C[C@@H]2C(=O)N(c3ccc(C)cc3)C(=O)N2Cc2cccnc2)cc1. The second kappa shape index (κ2) is 10.2. The summed E-state index contributed by atoms with van der Waals surface area (Å²) in [7, 11) is 0. The third-order valence-corrected chi connectivity index (χ3v) is 5.51. The Labute approximate surface area is 198 Å². The molecule has 174 valence electrons. The van der Waals surface area contributed by atoms with E-state index in [4.69, 9.17) is 4.74 Å². The molecule has 1 saturated heterocycles. The molecule has 1 atom stereocenters. The number of carbonyl (C=O) groups excluding carboxylic acids is 3. The lowest BCUT2D eigenvalue weighted by atomic mass is 10.1. The van der Waals surface area contributed by atoms with Crippen LogP contribution in [0, 0.1) is 6.92 Å². The van der Waals surface area contributed by atoms with Crippen LogP contribution in [-0.2, 0) is 16.1 Å². The van der Waals surface area contributed by atoms with Gasteiger partial charge in [0.15, 0.2) is 0 Å². The predicted molar refractivity (Wildman–Crippen MR) is 128 cm³/mol. The van der Waals surface area contributed by atoms with Gasteiger partial charge in [0.25, 0.3) is 5.91 Å². The summed E-state index contributed by atoms with van der Waals surface area (Å²) in [5, 5.41) is 2.80. The van der Waals surface area contributed by atoms with E-state index in [0.717, 1.165) is 16.0 Å². The average molecular weight is 459 g/mol. The maximum atomic E-state index is 13.4. The smallest absolute Gasteiger partial charge is 0.332 e. The molecule has 4 rings (SSSR count). The number of imide groups is 1. The highest BCUT2D eigenvalue weighted by molar-refractivity contribution is 6.22. The Balaban J connectivity index is 1.55. The summed E-state index contributed by atoms with van der Waals surface area (Å²) in [5.74, 6) is -0.0923. The summed E-state index contributed by atoms with van der Waals surface area (Å²) in [6.45, 7) is 4.54. The molecule has 0 aliphatic carbocycles. The lowest BCUT2D eigenvalue weighted by molar-refractivity contribution is -0.124. The summed E-state index contributed by atoms with van der Waals surface area (Å²) in [6.07, 6.45) is 3.12. The van der Waals surface area contributed by atoms with Crippen molar-refractivity contribution < 1.29 is 19.1 Å². The molecule has 0 spiro atoms. The van der Waals surface area contributed by atoms with Gasteiger partial charge in [-0.15, -0.1) is 0 Å². The summed E-state index contributed by atoms with van der Waals surface area (Å²) in [5.41, 5.74) is 2.85. The Kier molecular flexibility index (Phi) is 6.87. The topological polar surface area (TPSA) is 91.8 Å². The molecule has 8 nitrogen and oxygen atoms in total. The number of urea groups is 1. The van der Waals surface area contributed by atoms with Gasteiger partial charge in [0.05, 0.1) is 18.7 Å². The van der Waals surface area contributed by atoms with Crippen molar-refractivity contribution in [2.75, 3.05) is 16.8 Å². The van der Waals surface area contributed by atoms with Gasteiger partial charge < -0.3 is 15.0 Å². The molecule has 0 radical (unpaired) electrons. The number of anilines is 2. The second-order valence-electron chi connectivity index (χ2n) is 8.01. The van der Waals surface area contributed by atoms with Crippen molar-refractivity contribution in [3.05, 3.63) is 84.2 Å². The molecule has 1 aromatic heterocycles. The van der Waals surface area contributed by atoms with Crippen LogP contribution in [0.25, 0.3) is 0 Å². The maximum absolute atomic E-state index is 13.4. The molecule has 2 aromatic carbocycles. The predicted octanol–water partition coefficient (Wildman–Crippen LogP) is 4.15. The molecule has 0 unspecified atom stereocenters. The zero-order valence-corrected chi connectivity index (χ0v) is 19.1. The van der Waals surface area contributed by atoms with Crippen LogP contribution in [-0.4, -0.2) is 40.4 Å². The highest BCUT2D eigenvalue weighted by atomic mass is 16.5. The minimum atomic E-state index is -0.934. The van der Waals surface area contributed by atoms with Crippen LogP contribution in [0.1, 0.15) is 24.5 Å². The van der Waals surface area contributed by atoms with E-state index in [1.807, 2.05) is 32.0 Å². The molecular weight excluding hydrogens is 432 g/mol. The van der Waals surface area contributed by atoms with E-state index in [1.165, 1.54) is 4.90 Å². The first-order chi connectivity index (χ1) is 16.5. The third kappa shape index (κ3) is 5.06. The van der Waals surface area contributed by atoms with Crippen LogP contribution < -0.4 is 15.0 Å². The Morgan fingerprint density at radius 2 is 1.79 bits per heavy atom. The quantitative estimate of drug-likeness (QED) is 0.512. The first-order valence-electron chi connectivity index (χ1n) is 11.1. The zero-order chi connectivity index (χ0) is 24.1. The van der Waals surface area contributed by atoms with Crippen LogP contribution in [0.5, 0.6) is 5.75 Å². The zero-order valence-electron chi connectivity index (χ0n) is 19.1. The number of rotatable bonds is 8. The molecule has 1 fully saturated rings. The van der Waals surface area contributed by atoms with Gasteiger partial charge in [0.1, 0.15) is 11.8 Å². The Morgan fingerprint density at radius 1 is 1.06 bits per heavy atom. The number of aromatic nitrogens is 1. The average Bonchev–Trinajstić information content (AvgIpc) is 3.06. The minimum Gasteiger partial charge on any atom is -0.494 e. The standard InChI is InChI=1S/C26H26N4O4/c1-3-34-22-12-8-20(9-13-22)28-24(31)15-23-25(32)30(21-10-6-18(2)7-11-21)26(33)29(23)17-19-5-4-14-27-16-19/h4-14,16,23H,3,15,17H2,1-2H3,(H,28,31)/t23-/m1/s1. The van der Waals surface area contributed by atoms with Gasteiger partial charge in [-0.25, -0.2) is 9.69 Å². The van der Waals surface area contributed by atoms with E-state index >= 15 is 0 Å². The minimum absolute atomic E-state index is 0.166. The Bertz CT molecular complexity index is 1160. The molecule has 1 aliphatic rings. The molecule has 1 aliphatic heterocycles. The van der Waals surface area contributed by atoms with Crippen LogP contribution in [0.15, 0.2) is 73.1 Å². The van der Waals surface area contributed by atoms with E-state index in [1.54, 1.807) is 54.9 Å². The van der Waals surface area contributed by atoms with E-state index in [2.05, 4.69) is 10.3 Å². The molecule has 8 heteroatoms. The van der Waals surface area contributed by atoms with Crippen LogP contribution >= 0.6 is 0 Å². The van der Waals surface area contributed by atoms with Crippen molar-refractivity contribution in [3.8, 4) is 5.75 Å². The number of nitrogens with one attached hydrogen (secondary N) is 1. The number of carbonyl (C=O) groups is 3. The molecular formula is C26H26N4O4. The van der Waals surface area contributed by atoms with Crippen molar-refractivity contribution in [2.24, 2.45) is 0 Å². The lowest BCUT2D eigenvalue weighted by Crippen LogP contribution is -2.37. The van der Waals surface area contributed by atoms with Crippen molar-refractivity contribution in [3.63, 3.8) is 0 Å². The highest BCUT2D eigenvalue weighted by Crippen LogP contribution is 2.29. The van der Waals surface area contributed by atoms with Gasteiger partial charge in [-0.05, 0) is 61.9 Å². The fourth-order valence-electron chi connectivity index (χ4n) is 3.82. The van der Waals surface area contributed by atoms with Gasteiger partial charge in [-0.1, -0.05) is 23.8 Å². The number of pyridine rings is 1. The number of benzene rings is 2. The van der Waals surface area contributed by atoms with Crippen molar-refractivity contribution in [1.82, 2.24) is 9.88 Å². The lowest BCUT2D eigenvalue weighted by Gasteiger charge is -2.21. The first-order valence-corrected chi connectivity index (χ1v) is 11.1. The largest absolute Gasteiger partial charge is 0.494 e. The van der Waals surface area contributed by atoms with Crippen LogP contribution in [0.4, 0.5) is 16.2 Å².